The number of nitrogens with one attached hydrogen (secondary N) is 1. The van der Waals surface area contributed by atoms with Crippen LogP contribution in [0.15, 0.2) is 35.3 Å². The molecule has 0 saturated heterocycles. The highest BCUT2D eigenvalue weighted by Crippen LogP contribution is 2.22. The normalized spacial score (nSPS) is 10.6. The van der Waals surface area contributed by atoms with Gasteiger partial charge in [0.25, 0.3) is 5.91 Å². The first-order valence-electron chi connectivity index (χ1n) is 6.76. The Morgan fingerprint density at radius 1 is 1.36 bits per heavy atom. The summed E-state index contributed by atoms with van der Waals surface area (Å²) >= 11 is 1.60. The van der Waals surface area contributed by atoms with Gasteiger partial charge in [0, 0.05) is 30.4 Å². The molecule has 0 bridgehead atoms. The summed E-state index contributed by atoms with van der Waals surface area (Å²) in [5.74, 6) is -0.176. The standard InChI is InChI=1S/C15H15N5OS/c1-10-7-13(20(2)19-10)15(21)18-8-12-14(17-5-4-16-12)11-3-6-22-9-11/h3-7,9H,8H2,1-2H3,(H,18,21). The number of hydrogen-bond acceptors (Lipinski definition) is 5. The third-order valence-electron chi connectivity index (χ3n) is 3.22. The van der Waals surface area contributed by atoms with Gasteiger partial charge in [-0.25, -0.2) is 0 Å². The van der Waals surface area contributed by atoms with Crippen LogP contribution in [-0.4, -0.2) is 25.7 Å². The first-order valence-corrected chi connectivity index (χ1v) is 7.70. The summed E-state index contributed by atoms with van der Waals surface area (Å²) in [6.07, 6.45) is 3.29. The Balaban J connectivity index is 1.77. The van der Waals surface area contributed by atoms with Crippen LogP contribution in [0.3, 0.4) is 0 Å². The molecule has 0 aliphatic heterocycles. The zero-order chi connectivity index (χ0) is 15.5. The minimum Gasteiger partial charge on any atom is -0.345 e. The first-order chi connectivity index (χ1) is 10.6. The van der Waals surface area contributed by atoms with E-state index in [-0.39, 0.29) is 5.91 Å². The highest BCUT2D eigenvalue weighted by Gasteiger charge is 2.14. The highest BCUT2D eigenvalue weighted by molar-refractivity contribution is 7.08. The van der Waals surface area contributed by atoms with E-state index in [1.165, 1.54) is 0 Å². The van der Waals surface area contributed by atoms with Crippen molar-refractivity contribution in [2.24, 2.45) is 7.05 Å². The summed E-state index contributed by atoms with van der Waals surface area (Å²) in [6.45, 7) is 2.18. The average Bonchev–Trinajstić information content (AvgIpc) is 3.15. The maximum absolute atomic E-state index is 12.2. The van der Waals surface area contributed by atoms with Gasteiger partial charge in [-0.05, 0) is 24.4 Å². The maximum atomic E-state index is 12.2. The molecule has 0 aliphatic carbocycles. The summed E-state index contributed by atoms with van der Waals surface area (Å²) in [5.41, 5.74) is 3.89. The molecule has 0 aromatic carbocycles. The van der Waals surface area contributed by atoms with Crippen LogP contribution in [0.25, 0.3) is 11.3 Å². The first kappa shape index (κ1) is 14.4. The van der Waals surface area contributed by atoms with Crippen LogP contribution in [0.1, 0.15) is 21.9 Å². The van der Waals surface area contributed by atoms with Gasteiger partial charge >= 0.3 is 0 Å². The molecule has 0 saturated carbocycles. The third-order valence-corrected chi connectivity index (χ3v) is 3.90. The van der Waals surface area contributed by atoms with Gasteiger partial charge in [0.15, 0.2) is 0 Å². The van der Waals surface area contributed by atoms with Crippen LogP contribution in [0.4, 0.5) is 0 Å². The number of thiophene rings is 1. The van der Waals surface area contributed by atoms with Crippen LogP contribution in [-0.2, 0) is 13.6 Å². The van der Waals surface area contributed by atoms with Crippen molar-refractivity contribution in [1.82, 2.24) is 25.1 Å². The second-order valence-electron chi connectivity index (χ2n) is 4.84. The SMILES string of the molecule is Cc1cc(C(=O)NCc2nccnc2-c2ccsc2)n(C)n1. The molecule has 112 valence electrons. The number of aromatic nitrogens is 4. The lowest BCUT2D eigenvalue weighted by Gasteiger charge is -2.08. The lowest BCUT2D eigenvalue weighted by molar-refractivity contribution is 0.0941. The topological polar surface area (TPSA) is 72.7 Å². The van der Waals surface area contributed by atoms with Crippen molar-refractivity contribution in [1.29, 1.82) is 0 Å². The molecule has 0 spiro atoms. The van der Waals surface area contributed by atoms with E-state index in [0.717, 1.165) is 22.6 Å². The van der Waals surface area contributed by atoms with Crippen molar-refractivity contribution in [3.8, 4) is 11.3 Å². The van der Waals surface area contributed by atoms with Crippen LogP contribution >= 0.6 is 11.3 Å². The molecule has 3 rings (SSSR count). The predicted molar refractivity (Wildman–Crippen MR) is 84.5 cm³/mol. The molecular formula is C15H15N5OS. The van der Waals surface area contributed by atoms with Crippen LogP contribution in [0.5, 0.6) is 0 Å². The van der Waals surface area contributed by atoms with Crippen LogP contribution in [0.2, 0.25) is 0 Å². The van der Waals surface area contributed by atoms with E-state index in [9.17, 15) is 4.79 Å². The molecule has 0 atom stereocenters. The quantitative estimate of drug-likeness (QED) is 0.801. The number of carbonyl (C=O) groups excluding carboxylic acids is 1. The van der Waals surface area contributed by atoms with Crippen LogP contribution < -0.4 is 5.32 Å². The Labute approximate surface area is 131 Å². The molecule has 0 radical (unpaired) electrons. The average molecular weight is 313 g/mol. The molecule has 0 fully saturated rings. The molecule has 3 aromatic rings. The zero-order valence-electron chi connectivity index (χ0n) is 12.3. The number of amides is 1. The number of hydrogen-bond donors (Lipinski definition) is 1. The minimum absolute atomic E-state index is 0.176. The lowest BCUT2D eigenvalue weighted by Crippen LogP contribution is -2.26. The van der Waals surface area contributed by atoms with E-state index >= 15 is 0 Å². The summed E-state index contributed by atoms with van der Waals surface area (Å²) in [6, 6.07) is 3.75. The van der Waals surface area contributed by atoms with Gasteiger partial charge in [0.05, 0.1) is 23.6 Å². The molecule has 22 heavy (non-hydrogen) atoms. The Bertz CT molecular complexity index is 794. The van der Waals surface area contributed by atoms with Crippen molar-refractivity contribution in [3.63, 3.8) is 0 Å². The number of rotatable bonds is 4. The summed E-state index contributed by atoms with van der Waals surface area (Å²) in [7, 11) is 1.75. The highest BCUT2D eigenvalue weighted by atomic mass is 32.1. The molecule has 0 unspecified atom stereocenters. The van der Waals surface area contributed by atoms with E-state index < -0.39 is 0 Å². The fraction of sp³-hybridized carbons (Fsp3) is 0.200. The Hall–Kier alpha value is -2.54. The van der Waals surface area contributed by atoms with E-state index in [2.05, 4.69) is 20.4 Å². The van der Waals surface area contributed by atoms with Crippen molar-refractivity contribution < 1.29 is 4.79 Å². The number of carbonyl (C=O) groups is 1. The molecular weight excluding hydrogens is 298 g/mol. The van der Waals surface area contributed by atoms with Gasteiger partial charge in [-0.1, -0.05) is 0 Å². The van der Waals surface area contributed by atoms with Crippen LogP contribution in [0, 0.1) is 6.92 Å². The lowest BCUT2D eigenvalue weighted by atomic mass is 10.2. The van der Waals surface area contributed by atoms with Gasteiger partial charge in [0.2, 0.25) is 0 Å². The van der Waals surface area contributed by atoms with E-state index in [4.69, 9.17) is 0 Å². The molecule has 1 amide bonds. The van der Waals surface area contributed by atoms with E-state index in [0.29, 0.717) is 12.2 Å². The smallest absolute Gasteiger partial charge is 0.269 e. The zero-order valence-corrected chi connectivity index (χ0v) is 13.1. The molecule has 0 aliphatic rings. The predicted octanol–water partition coefficient (Wildman–Crippen LogP) is 2.18. The molecule has 1 N–H and O–H groups in total. The fourth-order valence-electron chi connectivity index (χ4n) is 2.21. The Morgan fingerprint density at radius 3 is 2.86 bits per heavy atom. The summed E-state index contributed by atoms with van der Waals surface area (Å²) < 4.78 is 1.57. The Morgan fingerprint density at radius 2 is 2.18 bits per heavy atom. The van der Waals surface area contributed by atoms with E-state index in [1.807, 2.05) is 23.8 Å². The van der Waals surface area contributed by atoms with Gasteiger partial charge < -0.3 is 5.32 Å². The molecule has 3 aromatic heterocycles. The molecule has 3 heterocycles. The maximum Gasteiger partial charge on any atom is 0.269 e. The third kappa shape index (κ3) is 2.89. The Kier molecular flexibility index (Phi) is 3.97. The second-order valence-corrected chi connectivity index (χ2v) is 5.62. The molecule has 6 nitrogen and oxygen atoms in total. The fourth-order valence-corrected chi connectivity index (χ4v) is 2.85. The van der Waals surface area contributed by atoms with Gasteiger partial charge in [-0.2, -0.15) is 16.4 Å². The minimum atomic E-state index is -0.176. The van der Waals surface area contributed by atoms with Crippen molar-refractivity contribution in [2.75, 3.05) is 0 Å². The van der Waals surface area contributed by atoms with Gasteiger partial charge in [-0.15, -0.1) is 0 Å². The van der Waals surface area contributed by atoms with Gasteiger partial charge in [0.1, 0.15) is 5.69 Å². The largest absolute Gasteiger partial charge is 0.345 e. The van der Waals surface area contributed by atoms with Crippen molar-refractivity contribution in [3.05, 3.63) is 52.4 Å². The van der Waals surface area contributed by atoms with Crippen molar-refractivity contribution >= 4 is 17.2 Å². The number of aryl methyl sites for hydroxylation is 2. The number of nitrogens with zero attached hydrogens (tertiary/aromatic N) is 4. The van der Waals surface area contributed by atoms with Crippen molar-refractivity contribution in [2.45, 2.75) is 13.5 Å². The van der Waals surface area contributed by atoms with Gasteiger partial charge in [-0.3, -0.25) is 19.4 Å². The summed E-state index contributed by atoms with van der Waals surface area (Å²) in [4.78, 5) is 20.9. The second kappa shape index (κ2) is 6.07. The summed E-state index contributed by atoms with van der Waals surface area (Å²) in [5, 5.41) is 11.1. The van der Waals surface area contributed by atoms with E-state index in [1.54, 1.807) is 41.5 Å². The monoisotopic (exact) mass is 313 g/mol. The molecule has 7 heteroatoms.